The first kappa shape index (κ1) is 27.5. The minimum absolute atomic E-state index is 0.0369. The van der Waals surface area contributed by atoms with Crippen molar-refractivity contribution in [2.24, 2.45) is 0 Å². The predicted molar refractivity (Wildman–Crippen MR) is 198 cm³/mol. The Morgan fingerprint density at radius 3 is 1.81 bits per heavy atom. The van der Waals surface area contributed by atoms with Crippen LogP contribution in [0.25, 0.3) is 49.7 Å². The fraction of sp³-hybridized carbons (Fsp3) is 0.0667. The molecule has 0 amide bonds. The third-order valence-electron chi connectivity index (χ3n) is 9.99. The summed E-state index contributed by atoms with van der Waals surface area (Å²) in [6, 6.07) is 61.8. The van der Waals surface area contributed by atoms with E-state index in [2.05, 4.69) is 193 Å². The van der Waals surface area contributed by atoms with E-state index in [4.69, 9.17) is 0 Å². The summed E-state index contributed by atoms with van der Waals surface area (Å²) in [6.45, 7) is 4.68. The highest BCUT2D eigenvalue weighted by atomic mass is 15.1. The van der Waals surface area contributed by atoms with Gasteiger partial charge in [-0.2, -0.15) is 0 Å². The molecule has 1 aliphatic carbocycles. The van der Waals surface area contributed by atoms with E-state index in [-0.39, 0.29) is 5.41 Å². The number of fused-ring (bicyclic) bond motifs is 6. The molecule has 0 radical (unpaired) electrons. The topological polar surface area (TPSA) is 8.17 Å². The molecule has 0 saturated heterocycles. The normalized spacial score (nSPS) is 13.1. The van der Waals surface area contributed by atoms with Gasteiger partial charge in [0, 0.05) is 38.9 Å². The molecule has 0 aliphatic heterocycles. The van der Waals surface area contributed by atoms with Gasteiger partial charge in [-0.1, -0.05) is 123 Å². The molecule has 224 valence electrons. The molecule has 7 aromatic carbocycles. The van der Waals surface area contributed by atoms with Crippen LogP contribution in [0.5, 0.6) is 0 Å². The van der Waals surface area contributed by atoms with Crippen LogP contribution in [0, 0.1) is 0 Å². The number of benzene rings is 7. The summed E-state index contributed by atoms with van der Waals surface area (Å²) in [6.07, 6.45) is 0. The lowest BCUT2D eigenvalue weighted by Gasteiger charge is -2.27. The number of aromatic nitrogens is 1. The standard InChI is InChI=1S/C45H34N2/c1-45(2)41-19-11-9-17-37(41)39-29-35(25-27-42(39)45)46(34-23-21-32(22-24-34)31-13-5-3-6-14-31)36-26-28-44-40(30-36)38-18-10-12-20-43(38)47(44)33-15-7-4-8-16-33/h3-30H,1-2H3. The fourth-order valence-electron chi connectivity index (χ4n) is 7.68. The molecule has 0 atom stereocenters. The number of nitrogens with zero attached hydrogens (tertiary/aromatic N) is 2. The minimum atomic E-state index is -0.0369. The summed E-state index contributed by atoms with van der Waals surface area (Å²) in [5.41, 5.74) is 14.8. The van der Waals surface area contributed by atoms with E-state index in [1.807, 2.05) is 0 Å². The quantitative estimate of drug-likeness (QED) is 0.190. The Bertz CT molecular complexity index is 2420. The number of anilines is 3. The van der Waals surface area contributed by atoms with Crippen LogP contribution in [0.1, 0.15) is 25.0 Å². The van der Waals surface area contributed by atoms with E-state index in [1.165, 1.54) is 60.9 Å². The van der Waals surface area contributed by atoms with Gasteiger partial charge in [0.1, 0.15) is 0 Å². The Balaban J connectivity index is 1.25. The van der Waals surface area contributed by atoms with Crippen molar-refractivity contribution in [3.05, 3.63) is 181 Å². The van der Waals surface area contributed by atoms with Crippen molar-refractivity contribution in [3.8, 4) is 27.9 Å². The zero-order valence-corrected chi connectivity index (χ0v) is 26.6. The molecule has 9 rings (SSSR count). The van der Waals surface area contributed by atoms with Gasteiger partial charge < -0.3 is 9.47 Å². The molecule has 1 aliphatic rings. The van der Waals surface area contributed by atoms with Crippen molar-refractivity contribution in [1.29, 1.82) is 0 Å². The van der Waals surface area contributed by atoms with Crippen molar-refractivity contribution in [3.63, 3.8) is 0 Å². The average molecular weight is 603 g/mol. The average Bonchev–Trinajstić information content (AvgIpc) is 3.58. The second-order valence-corrected chi connectivity index (χ2v) is 13.0. The molecule has 1 heterocycles. The van der Waals surface area contributed by atoms with E-state index in [0.717, 1.165) is 17.1 Å². The largest absolute Gasteiger partial charge is 0.310 e. The molecule has 2 heteroatoms. The zero-order chi connectivity index (χ0) is 31.5. The van der Waals surface area contributed by atoms with Crippen molar-refractivity contribution in [2.45, 2.75) is 19.3 Å². The summed E-state index contributed by atoms with van der Waals surface area (Å²) < 4.78 is 2.38. The minimum Gasteiger partial charge on any atom is -0.310 e. The maximum absolute atomic E-state index is 2.41. The zero-order valence-electron chi connectivity index (χ0n) is 26.6. The summed E-state index contributed by atoms with van der Waals surface area (Å²) in [7, 11) is 0. The van der Waals surface area contributed by atoms with Crippen molar-refractivity contribution >= 4 is 38.9 Å². The molecule has 47 heavy (non-hydrogen) atoms. The van der Waals surface area contributed by atoms with Gasteiger partial charge in [0.25, 0.3) is 0 Å². The van der Waals surface area contributed by atoms with Gasteiger partial charge in [0.15, 0.2) is 0 Å². The molecule has 1 aromatic heterocycles. The molecule has 8 aromatic rings. The number of para-hydroxylation sites is 2. The first-order chi connectivity index (χ1) is 23.1. The first-order valence-electron chi connectivity index (χ1n) is 16.4. The third-order valence-corrected chi connectivity index (χ3v) is 9.99. The first-order valence-corrected chi connectivity index (χ1v) is 16.4. The van der Waals surface area contributed by atoms with Crippen LogP contribution in [0.15, 0.2) is 170 Å². The second-order valence-electron chi connectivity index (χ2n) is 13.0. The Labute approximate surface area is 275 Å². The summed E-state index contributed by atoms with van der Waals surface area (Å²) >= 11 is 0. The lowest BCUT2D eigenvalue weighted by molar-refractivity contribution is 0.660. The SMILES string of the molecule is CC1(C)c2ccccc2-c2cc(N(c3ccc(-c4ccccc4)cc3)c3ccc4c(c3)c3ccccc3n4-c3ccccc3)ccc21. The summed E-state index contributed by atoms with van der Waals surface area (Å²) in [5.74, 6) is 0. The van der Waals surface area contributed by atoms with Gasteiger partial charge in [0.2, 0.25) is 0 Å². The number of rotatable bonds is 5. The molecule has 0 unspecified atom stereocenters. The Hall–Kier alpha value is -5.86. The summed E-state index contributed by atoms with van der Waals surface area (Å²) in [5, 5.41) is 2.48. The number of hydrogen-bond donors (Lipinski definition) is 0. The van der Waals surface area contributed by atoms with Gasteiger partial charge in [-0.15, -0.1) is 0 Å². The Morgan fingerprint density at radius 1 is 0.426 bits per heavy atom. The molecular formula is C45H34N2. The van der Waals surface area contributed by atoms with Gasteiger partial charge in [0.05, 0.1) is 11.0 Å². The van der Waals surface area contributed by atoms with Crippen LogP contribution in [-0.2, 0) is 5.41 Å². The van der Waals surface area contributed by atoms with E-state index in [9.17, 15) is 0 Å². The Morgan fingerprint density at radius 2 is 1.00 bits per heavy atom. The van der Waals surface area contributed by atoms with Crippen LogP contribution < -0.4 is 4.90 Å². The highest BCUT2D eigenvalue weighted by Gasteiger charge is 2.35. The summed E-state index contributed by atoms with van der Waals surface area (Å²) in [4.78, 5) is 2.41. The van der Waals surface area contributed by atoms with Gasteiger partial charge in [-0.25, -0.2) is 0 Å². The highest BCUT2D eigenvalue weighted by molar-refractivity contribution is 6.10. The smallest absolute Gasteiger partial charge is 0.0542 e. The van der Waals surface area contributed by atoms with Crippen LogP contribution >= 0.6 is 0 Å². The highest BCUT2D eigenvalue weighted by Crippen LogP contribution is 2.51. The van der Waals surface area contributed by atoms with Gasteiger partial charge >= 0.3 is 0 Å². The molecular weight excluding hydrogens is 569 g/mol. The monoisotopic (exact) mass is 602 g/mol. The maximum atomic E-state index is 2.41. The van der Waals surface area contributed by atoms with Crippen LogP contribution in [0.2, 0.25) is 0 Å². The molecule has 0 spiro atoms. The van der Waals surface area contributed by atoms with Gasteiger partial charge in [-0.05, 0) is 94.0 Å². The van der Waals surface area contributed by atoms with Crippen molar-refractivity contribution in [2.75, 3.05) is 4.90 Å². The van der Waals surface area contributed by atoms with Gasteiger partial charge in [-0.3, -0.25) is 0 Å². The van der Waals surface area contributed by atoms with Crippen LogP contribution in [-0.4, -0.2) is 4.57 Å². The molecule has 0 saturated carbocycles. The Kier molecular flexibility index (Phi) is 6.20. The van der Waals surface area contributed by atoms with E-state index in [1.54, 1.807) is 0 Å². The van der Waals surface area contributed by atoms with E-state index < -0.39 is 0 Å². The van der Waals surface area contributed by atoms with Crippen molar-refractivity contribution in [1.82, 2.24) is 4.57 Å². The maximum Gasteiger partial charge on any atom is 0.0542 e. The lowest BCUT2D eigenvalue weighted by atomic mass is 9.82. The second kappa shape index (κ2) is 10.6. The van der Waals surface area contributed by atoms with E-state index >= 15 is 0 Å². The molecule has 0 fully saturated rings. The number of hydrogen-bond acceptors (Lipinski definition) is 1. The predicted octanol–water partition coefficient (Wildman–Crippen LogP) is 12.2. The lowest BCUT2D eigenvalue weighted by Crippen LogP contribution is -2.15. The fourth-order valence-corrected chi connectivity index (χ4v) is 7.68. The van der Waals surface area contributed by atoms with Crippen LogP contribution in [0.3, 0.4) is 0 Å². The van der Waals surface area contributed by atoms with Crippen LogP contribution in [0.4, 0.5) is 17.1 Å². The molecule has 2 nitrogen and oxygen atoms in total. The van der Waals surface area contributed by atoms with E-state index in [0.29, 0.717) is 0 Å². The molecule has 0 N–H and O–H groups in total. The van der Waals surface area contributed by atoms with Crippen molar-refractivity contribution < 1.29 is 0 Å². The molecule has 0 bridgehead atoms. The third kappa shape index (κ3) is 4.33.